The number of thiazole rings is 1. The molecule has 1 saturated heterocycles. The molecule has 0 bridgehead atoms. The molecule has 8 heteroatoms. The van der Waals surface area contributed by atoms with Gasteiger partial charge in [-0.3, -0.25) is 0 Å². The Balaban J connectivity index is 1.62. The monoisotopic (exact) mass is 355 g/mol. The zero-order valence-electron chi connectivity index (χ0n) is 12.7. The fraction of sp³-hybridized carbons (Fsp3) is 0.375. The van der Waals surface area contributed by atoms with E-state index in [2.05, 4.69) is 10.3 Å². The van der Waals surface area contributed by atoms with E-state index in [0.717, 1.165) is 10.6 Å². The molecule has 2 amide bonds. The Morgan fingerprint density at radius 1 is 1.29 bits per heavy atom. The van der Waals surface area contributed by atoms with Crippen molar-refractivity contribution in [3.63, 3.8) is 0 Å². The summed E-state index contributed by atoms with van der Waals surface area (Å²) in [6, 6.07) is 6.59. The van der Waals surface area contributed by atoms with Gasteiger partial charge in [0, 0.05) is 35.9 Å². The quantitative estimate of drug-likeness (QED) is 0.855. The maximum atomic E-state index is 12.8. The first-order valence-electron chi connectivity index (χ1n) is 7.56. The van der Waals surface area contributed by atoms with Gasteiger partial charge in [0.1, 0.15) is 5.01 Å². The fourth-order valence-corrected chi connectivity index (χ4v) is 3.34. The third-order valence-electron chi connectivity index (χ3n) is 3.99. The van der Waals surface area contributed by atoms with E-state index >= 15 is 0 Å². The number of benzene rings is 1. The van der Waals surface area contributed by atoms with E-state index in [1.54, 1.807) is 18.3 Å². The number of nitrogens with zero attached hydrogens (tertiary/aromatic N) is 2. The minimum atomic E-state index is -4.26. The average Bonchev–Trinajstić information content (AvgIpc) is 3.09. The number of rotatable bonds is 2. The van der Waals surface area contributed by atoms with Crippen molar-refractivity contribution >= 4 is 23.1 Å². The molecule has 1 aromatic heterocycles. The lowest BCUT2D eigenvalue weighted by atomic mass is 9.98. The number of nitrogens with one attached hydrogen (secondary N) is 1. The van der Waals surface area contributed by atoms with E-state index in [0.29, 0.717) is 18.7 Å². The molecule has 1 unspecified atom stereocenters. The van der Waals surface area contributed by atoms with Gasteiger partial charge in [0.25, 0.3) is 0 Å². The Bertz CT molecular complexity index is 686. The van der Waals surface area contributed by atoms with Crippen LogP contribution in [0.25, 0.3) is 10.6 Å². The van der Waals surface area contributed by atoms with Crippen molar-refractivity contribution in [3.05, 3.63) is 35.8 Å². The van der Waals surface area contributed by atoms with Crippen molar-refractivity contribution in [2.24, 2.45) is 5.92 Å². The number of amides is 2. The van der Waals surface area contributed by atoms with E-state index in [1.807, 2.05) is 17.5 Å². The lowest BCUT2D eigenvalue weighted by Crippen LogP contribution is -2.46. The zero-order valence-corrected chi connectivity index (χ0v) is 13.5. The first-order chi connectivity index (χ1) is 11.4. The number of alkyl halides is 3. The average molecular weight is 355 g/mol. The Hall–Kier alpha value is -2.09. The molecule has 1 fully saturated rings. The predicted octanol–water partition coefficient (Wildman–Crippen LogP) is 4.62. The molecule has 128 valence electrons. The van der Waals surface area contributed by atoms with Crippen LogP contribution in [-0.4, -0.2) is 35.2 Å². The van der Waals surface area contributed by atoms with Gasteiger partial charge in [0.15, 0.2) is 0 Å². The van der Waals surface area contributed by atoms with Crippen molar-refractivity contribution in [3.8, 4) is 10.6 Å². The molecule has 4 nitrogen and oxygen atoms in total. The second-order valence-corrected chi connectivity index (χ2v) is 6.57. The van der Waals surface area contributed by atoms with Crippen molar-refractivity contribution in [1.82, 2.24) is 9.88 Å². The summed E-state index contributed by atoms with van der Waals surface area (Å²) in [5, 5.41) is 5.40. The van der Waals surface area contributed by atoms with Gasteiger partial charge in [-0.05, 0) is 37.1 Å². The molecular weight excluding hydrogens is 339 g/mol. The summed E-state index contributed by atoms with van der Waals surface area (Å²) in [4.78, 5) is 17.6. The molecular formula is C16H16F3N3OS. The summed E-state index contributed by atoms with van der Waals surface area (Å²) in [5.74, 6) is -1.44. The third-order valence-corrected chi connectivity index (χ3v) is 4.81. The van der Waals surface area contributed by atoms with Crippen LogP contribution in [0.5, 0.6) is 0 Å². The standard InChI is InChI=1S/C16H16F3N3OS/c17-16(18,19)12-2-1-8-22(10-12)15(23)21-13-5-3-11(4-6-13)14-20-7-9-24-14/h3-7,9,12H,1-2,8,10H2,(H,21,23). The molecule has 0 aliphatic carbocycles. The Morgan fingerprint density at radius 2 is 2.04 bits per heavy atom. The summed E-state index contributed by atoms with van der Waals surface area (Å²) >= 11 is 1.51. The maximum Gasteiger partial charge on any atom is 0.393 e. The van der Waals surface area contributed by atoms with Crippen molar-refractivity contribution < 1.29 is 18.0 Å². The number of hydrogen-bond donors (Lipinski definition) is 1. The smallest absolute Gasteiger partial charge is 0.324 e. The lowest BCUT2D eigenvalue weighted by Gasteiger charge is -2.33. The van der Waals surface area contributed by atoms with Crippen LogP contribution in [0.4, 0.5) is 23.7 Å². The molecule has 1 aromatic carbocycles. The molecule has 3 rings (SSSR count). The molecule has 0 radical (unpaired) electrons. The van der Waals surface area contributed by atoms with Gasteiger partial charge in [-0.1, -0.05) is 0 Å². The van der Waals surface area contributed by atoms with Gasteiger partial charge >= 0.3 is 12.2 Å². The molecule has 2 aromatic rings. The number of urea groups is 1. The Labute approximate surface area is 141 Å². The first kappa shape index (κ1) is 16.8. The van der Waals surface area contributed by atoms with E-state index in [4.69, 9.17) is 0 Å². The number of aromatic nitrogens is 1. The number of likely N-dealkylation sites (tertiary alicyclic amines) is 1. The van der Waals surface area contributed by atoms with Crippen LogP contribution in [0.2, 0.25) is 0 Å². The zero-order chi connectivity index (χ0) is 17.2. The van der Waals surface area contributed by atoms with Gasteiger partial charge in [-0.2, -0.15) is 13.2 Å². The van der Waals surface area contributed by atoms with Crippen LogP contribution in [0.15, 0.2) is 35.8 Å². The summed E-state index contributed by atoms with van der Waals surface area (Å²) < 4.78 is 38.5. The van der Waals surface area contributed by atoms with Crippen LogP contribution >= 0.6 is 11.3 Å². The first-order valence-corrected chi connectivity index (χ1v) is 8.44. The number of piperidine rings is 1. The lowest BCUT2D eigenvalue weighted by molar-refractivity contribution is -0.183. The van der Waals surface area contributed by atoms with E-state index in [1.165, 1.54) is 16.2 Å². The van der Waals surface area contributed by atoms with Gasteiger partial charge in [0.2, 0.25) is 0 Å². The molecule has 1 atom stereocenters. The number of anilines is 1. The molecule has 1 N–H and O–H groups in total. The second-order valence-electron chi connectivity index (χ2n) is 5.67. The highest BCUT2D eigenvalue weighted by molar-refractivity contribution is 7.13. The summed E-state index contributed by atoms with van der Waals surface area (Å²) in [5.41, 5.74) is 1.48. The van der Waals surface area contributed by atoms with Crippen LogP contribution < -0.4 is 5.32 Å². The number of carbonyl (C=O) groups is 1. The van der Waals surface area contributed by atoms with Crippen LogP contribution in [0.1, 0.15) is 12.8 Å². The maximum absolute atomic E-state index is 12.8. The highest BCUT2D eigenvalue weighted by atomic mass is 32.1. The molecule has 1 aliphatic heterocycles. The van der Waals surface area contributed by atoms with Crippen molar-refractivity contribution in [1.29, 1.82) is 0 Å². The molecule has 2 heterocycles. The van der Waals surface area contributed by atoms with Crippen molar-refractivity contribution in [2.75, 3.05) is 18.4 Å². The van der Waals surface area contributed by atoms with Crippen molar-refractivity contribution in [2.45, 2.75) is 19.0 Å². The number of hydrogen-bond acceptors (Lipinski definition) is 3. The molecule has 1 aliphatic rings. The Kier molecular flexibility index (Phi) is 4.75. The highest BCUT2D eigenvalue weighted by Crippen LogP contribution is 2.33. The van der Waals surface area contributed by atoms with Gasteiger partial charge in [-0.15, -0.1) is 11.3 Å². The van der Waals surface area contributed by atoms with Crippen LogP contribution in [0, 0.1) is 5.92 Å². The normalized spacial score (nSPS) is 18.5. The highest BCUT2D eigenvalue weighted by Gasteiger charge is 2.42. The van der Waals surface area contributed by atoms with E-state index < -0.39 is 18.1 Å². The SMILES string of the molecule is O=C(Nc1ccc(-c2nccs2)cc1)N1CCCC(C(F)(F)F)C1. The van der Waals surface area contributed by atoms with Gasteiger partial charge < -0.3 is 10.2 Å². The molecule has 0 saturated carbocycles. The third kappa shape index (κ3) is 3.87. The minimum absolute atomic E-state index is 0.0792. The Morgan fingerprint density at radius 3 is 2.67 bits per heavy atom. The molecule has 24 heavy (non-hydrogen) atoms. The summed E-state index contributed by atoms with van der Waals surface area (Å²) in [6.07, 6.45) is -2.10. The fourth-order valence-electron chi connectivity index (χ4n) is 2.69. The second kappa shape index (κ2) is 6.80. The van der Waals surface area contributed by atoms with E-state index in [9.17, 15) is 18.0 Å². The predicted molar refractivity (Wildman–Crippen MR) is 86.9 cm³/mol. The van der Waals surface area contributed by atoms with Crippen LogP contribution in [0.3, 0.4) is 0 Å². The number of halogens is 3. The van der Waals surface area contributed by atoms with Gasteiger partial charge in [0.05, 0.1) is 5.92 Å². The summed E-state index contributed by atoms with van der Waals surface area (Å²) in [7, 11) is 0. The van der Waals surface area contributed by atoms with Crippen LogP contribution in [-0.2, 0) is 0 Å². The number of carbonyl (C=O) groups excluding carboxylic acids is 1. The largest absolute Gasteiger partial charge is 0.393 e. The topological polar surface area (TPSA) is 45.2 Å². The summed E-state index contributed by atoms with van der Waals surface area (Å²) in [6.45, 7) is 0.0577. The minimum Gasteiger partial charge on any atom is -0.324 e. The molecule has 0 spiro atoms. The van der Waals surface area contributed by atoms with E-state index in [-0.39, 0.29) is 13.0 Å². The van der Waals surface area contributed by atoms with Gasteiger partial charge in [-0.25, -0.2) is 9.78 Å².